The highest BCUT2D eigenvalue weighted by atomic mass is 16.3. The summed E-state index contributed by atoms with van der Waals surface area (Å²) in [5.74, 6) is -0.0299. The van der Waals surface area contributed by atoms with Crippen molar-refractivity contribution in [1.29, 1.82) is 0 Å². The van der Waals surface area contributed by atoms with Crippen molar-refractivity contribution in [3.05, 3.63) is 71.9 Å². The molecule has 124 valence electrons. The van der Waals surface area contributed by atoms with E-state index in [2.05, 4.69) is 10.3 Å². The quantitative estimate of drug-likeness (QED) is 0.626. The van der Waals surface area contributed by atoms with Crippen molar-refractivity contribution >= 4 is 16.8 Å². The van der Waals surface area contributed by atoms with Crippen molar-refractivity contribution in [2.24, 2.45) is 0 Å². The van der Waals surface area contributed by atoms with Crippen LogP contribution in [0.2, 0.25) is 0 Å². The van der Waals surface area contributed by atoms with E-state index in [-0.39, 0.29) is 18.6 Å². The largest absolute Gasteiger partial charge is 0.394 e. The smallest absolute Gasteiger partial charge is 0.220 e. The number of hydrogen-bond acceptors (Lipinski definition) is 2. The molecule has 3 N–H and O–H groups in total. The molecule has 1 heterocycles. The number of aliphatic hydroxyl groups excluding tert-OH is 1. The molecule has 3 rings (SSSR count). The zero-order valence-electron chi connectivity index (χ0n) is 13.5. The summed E-state index contributed by atoms with van der Waals surface area (Å²) in [5, 5.41) is 13.7. The molecule has 24 heavy (non-hydrogen) atoms. The first-order valence-corrected chi connectivity index (χ1v) is 8.25. The van der Waals surface area contributed by atoms with Crippen LogP contribution in [0.5, 0.6) is 0 Å². The van der Waals surface area contributed by atoms with E-state index < -0.39 is 0 Å². The number of aromatic nitrogens is 1. The van der Waals surface area contributed by atoms with Gasteiger partial charge in [0.1, 0.15) is 0 Å². The summed E-state index contributed by atoms with van der Waals surface area (Å²) >= 11 is 0. The summed E-state index contributed by atoms with van der Waals surface area (Å²) < 4.78 is 0. The van der Waals surface area contributed by atoms with E-state index in [9.17, 15) is 9.90 Å². The van der Waals surface area contributed by atoms with Crippen molar-refractivity contribution in [3.8, 4) is 0 Å². The molecule has 0 aliphatic rings. The minimum atomic E-state index is -0.271. The molecule has 0 aliphatic carbocycles. The number of para-hydroxylation sites is 1. The lowest BCUT2D eigenvalue weighted by Gasteiger charge is -2.16. The van der Waals surface area contributed by atoms with Gasteiger partial charge in [-0.2, -0.15) is 0 Å². The molecule has 1 aromatic heterocycles. The fraction of sp³-hybridized carbons (Fsp3) is 0.250. The average molecular weight is 322 g/mol. The minimum Gasteiger partial charge on any atom is -0.394 e. The van der Waals surface area contributed by atoms with Crippen molar-refractivity contribution in [2.75, 3.05) is 6.61 Å². The maximum absolute atomic E-state index is 12.1. The molecule has 3 aromatic rings. The fourth-order valence-corrected chi connectivity index (χ4v) is 2.93. The van der Waals surface area contributed by atoms with E-state index in [4.69, 9.17) is 0 Å². The van der Waals surface area contributed by atoms with Gasteiger partial charge in [-0.3, -0.25) is 4.79 Å². The van der Waals surface area contributed by atoms with E-state index in [0.717, 1.165) is 22.0 Å². The SMILES string of the molecule is O=C(CCc1ccccc1)N[C@@H](CO)Cc1c[nH]c2ccccc12. The highest BCUT2D eigenvalue weighted by molar-refractivity contribution is 5.83. The van der Waals surface area contributed by atoms with E-state index >= 15 is 0 Å². The normalized spacial score (nSPS) is 12.2. The molecule has 4 nitrogen and oxygen atoms in total. The summed E-state index contributed by atoms with van der Waals surface area (Å²) in [7, 11) is 0. The van der Waals surface area contributed by atoms with Crippen LogP contribution in [0, 0.1) is 0 Å². The Morgan fingerprint density at radius 3 is 2.62 bits per heavy atom. The third-order valence-corrected chi connectivity index (χ3v) is 4.21. The van der Waals surface area contributed by atoms with Gasteiger partial charge in [-0.25, -0.2) is 0 Å². The predicted molar refractivity (Wildman–Crippen MR) is 95.8 cm³/mol. The number of amides is 1. The number of H-pyrrole nitrogens is 1. The summed E-state index contributed by atoms with van der Waals surface area (Å²) in [5.41, 5.74) is 3.32. The lowest BCUT2D eigenvalue weighted by atomic mass is 10.0. The Kier molecular flexibility index (Phi) is 5.29. The second-order valence-electron chi connectivity index (χ2n) is 6.00. The maximum Gasteiger partial charge on any atom is 0.220 e. The Bertz CT molecular complexity index is 796. The number of aliphatic hydroxyl groups is 1. The second kappa shape index (κ2) is 7.79. The van der Waals surface area contributed by atoms with Crippen LogP contribution in [-0.2, 0) is 17.6 Å². The third-order valence-electron chi connectivity index (χ3n) is 4.21. The summed E-state index contributed by atoms with van der Waals surface area (Å²) in [6.45, 7) is -0.0728. The van der Waals surface area contributed by atoms with E-state index in [0.29, 0.717) is 19.3 Å². The first-order chi connectivity index (χ1) is 11.8. The number of carbonyl (C=O) groups is 1. The van der Waals surface area contributed by atoms with Gasteiger partial charge in [0, 0.05) is 23.5 Å². The number of hydrogen-bond donors (Lipinski definition) is 3. The lowest BCUT2D eigenvalue weighted by molar-refractivity contribution is -0.122. The molecule has 0 unspecified atom stereocenters. The Morgan fingerprint density at radius 2 is 1.83 bits per heavy atom. The van der Waals surface area contributed by atoms with Gasteiger partial charge < -0.3 is 15.4 Å². The average Bonchev–Trinajstić information content (AvgIpc) is 3.03. The first-order valence-electron chi connectivity index (χ1n) is 8.25. The van der Waals surface area contributed by atoms with Gasteiger partial charge in [0.2, 0.25) is 5.91 Å². The van der Waals surface area contributed by atoms with Crippen molar-refractivity contribution in [3.63, 3.8) is 0 Å². The molecule has 0 bridgehead atoms. The molecule has 4 heteroatoms. The number of rotatable bonds is 7. The fourth-order valence-electron chi connectivity index (χ4n) is 2.93. The van der Waals surface area contributed by atoms with Crippen LogP contribution >= 0.6 is 0 Å². The van der Waals surface area contributed by atoms with Crippen LogP contribution in [-0.4, -0.2) is 28.6 Å². The van der Waals surface area contributed by atoms with Gasteiger partial charge in [-0.1, -0.05) is 48.5 Å². The summed E-state index contributed by atoms with van der Waals surface area (Å²) in [6.07, 6.45) is 3.69. The monoisotopic (exact) mass is 322 g/mol. The van der Waals surface area contributed by atoms with Crippen LogP contribution < -0.4 is 5.32 Å². The van der Waals surface area contributed by atoms with Gasteiger partial charge in [0.25, 0.3) is 0 Å². The Labute approximate surface area is 141 Å². The Hall–Kier alpha value is -2.59. The molecule has 0 fully saturated rings. The Balaban J connectivity index is 1.57. The van der Waals surface area contributed by atoms with Gasteiger partial charge in [-0.15, -0.1) is 0 Å². The van der Waals surface area contributed by atoms with Crippen molar-refractivity contribution < 1.29 is 9.90 Å². The van der Waals surface area contributed by atoms with Crippen molar-refractivity contribution in [2.45, 2.75) is 25.3 Å². The zero-order chi connectivity index (χ0) is 16.8. The maximum atomic E-state index is 12.1. The number of nitrogens with one attached hydrogen (secondary N) is 2. The molecule has 0 spiro atoms. The molecule has 0 aliphatic heterocycles. The standard InChI is InChI=1S/C20H22N2O2/c23-14-17(12-16-13-21-19-9-5-4-8-18(16)19)22-20(24)11-10-15-6-2-1-3-7-15/h1-9,13,17,21,23H,10-12,14H2,(H,22,24)/t17-/m1/s1. The van der Waals surface area contributed by atoms with Crippen molar-refractivity contribution in [1.82, 2.24) is 10.3 Å². The van der Waals surface area contributed by atoms with Crippen LogP contribution in [0.4, 0.5) is 0 Å². The van der Waals surface area contributed by atoms with Gasteiger partial charge >= 0.3 is 0 Å². The lowest BCUT2D eigenvalue weighted by Crippen LogP contribution is -2.39. The first kappa shape index (κ1) is 16.3. The molecule has 2 aromatic carbocycles. The number of carbonyl (C=O) groups excluding carboxylic acids is 1. The van der Waals surface area contributed by atoms with Gasteiger partial charge in [0.15, 0.2) is 0 Å². The van der Waals surface area contributed by atoms with Crippen LogP contribution in [0.15, 0.2) is 60.8 Å². The minimum absolute atomic E-state index is 0.0299. The molecule has 0 saturated heterocycles. The van der Waals surface area contributed by atoms with Gasteiger partial charge in [0.05, 0.1) is 12.6 Å². The Morgan fingerprint density at radius 1 is 1.08 bits per heavy atom. The van der Waals surface area contributed by atoms with E-state index in [1.165, 1.54) is 0 Å². The molecule has 0 saturated carbocycles. The predicted octanol–water partition coefficient (Wildman–Crippen LogP) is 2.82. The number of fused-ring (bicyclic) bond motifs is 1. The summed E-state index contributed by atoms with van der Waals surface area (Å²) in [6, 6.07) is 17.7. The number of aromatic amines is 1. The topological polar surface area (TPSA) is 65.1 Å². The molecular formula is C20H22N2O2. The molecule has 1 atom stereocenters. The van der Waals surface area contributed by atoms with E-state index in [1.807, 2.05) is 60.8 Å². The second-order valence-corrected chi connectivity index (χ2v) is 6.00. The molecule has 1 amide bonds. The summed E-state index contributed by atoms with van der Waals surface area (Å²) in [4.78, 5) is 15.4. The molecular weight excluding hydrogens is 300 g/mol. The highest BCUT2D eigenvalue weighted by Gasteiger charge is 2.14. The molecule has 0 radical (unpaired) electrons. The number of aryl methyl sites for hydroxylation is 1. The highest BCUT2D eigenvalue weighted by Crippen LogP contribution is 2.19. The van der Waals surface area contributed by atoms with E-state index in [1.54, 1.807) is 0 Å². The van der Waals surface area contributed by atoms with Crippen LogP contribution in [0.3, 0.4) is 0 Å². The van der Waals surface area contributed by atoms with Crippen LogP contribution in [0.25, 0.3) is 10.9 Å². The number of benzene rings is 2. The zero-order valence-corrected chi connectivity index (χ0v) is 13.5. The van der Waals surface area contributed by atoms with Crippen LogP contribution in [0.1, 0.15) is 17.5 Å². The third kappa shape index (κ3) is 4.03. The van der Waals surface area contributed by atoms with Gasteiger partial charge in [-0.05, 0) is 30.0 Å².